The number of allylic oxidation sites excluding steroid dienone is 2. The van der Waals surface area contributed by atoms with Gasteiger partial charge in [-0.2, -0.15) is 0 Å². The molecule has 4 fully saturated rings. The largest absolute Gasteiger partial charge is 0.447 e. The highest BCUT2D eigenvalue weighted by Gasteiger charge is 2.54. The van der Waals surface area contributed by atoms with Gasteiger partial charge in [-0.05, 0) is 56.7 Å². The van der Waals surface area contributed by atoms with Crippen molar-refractivity contribution in [1.82, 2.24) is 24.7 Å². The number of amides is 2. The Kier molecular flexibility index (Phi) is 6.16. The summed E-state index contributed by atoms with van der Waals surface area (Å²) >= 11 is 0. The zero-order valence-corrected chi connectivity index (χ0v) is 24.7. The van der Waals surface area contributed by atoms with E-state index in [-0.39, 0.29) is 29.9 Å². The first kappa shape index (κ1) is 27.1. The Balaban J connectivity index is 1.04. The number of β-amino-alcohol motifs (C(OH)–C–C–N with tert-alkyl or cyclic N) is 1. The number of ether oxygens (including phenoxy) is 1. The molecule has 1 unspecified atom stereocenters. The molecule has 2 amide bonds. The summed E-state index contributed by atoms with van der Waals surface area (Å²) in [5.74, 6) is 1.31. The Morgan fingerprint density at radius 1 is 1.20 bits per heavy atom. The third-order valence-electron chi connectivity index (χ3n) is 9.46. The van der Waals surface area contributed by atoms with Crippen LogP contribution in [0.25, 0.3) is 5.65 Å². The minimum absolute atomic E-state index is 0.0876. The van der Waals surface area contributed by atoms with Crippen LogP contribution in [0.1, 0.15) is 62.7 Å². The number of hydrogen-bond acceptors (Lipinski definition) is 10. The van der Waals surface area contributed by atoms with Crippen LogP contribution in [0.5, 0.6) is 0 Å². The van der Waals surface area contributed by atoms with Gasteiger partial charge >= 0.3 is 6.09 Å². The van der Waals surface area contributed by atoms with Crippen LogP contribution >= 0.6 is 0 Å². The molecule has 228 valence electrons. The molecular weight excluding hydrogens is 562 g/mol. The summed E-state index contributed by atoms with van der Waals surface area (Å²) in [6.45, 7) is 5.21. The molecule has 5 aliphatic rings. The van der Waals surface area contributed by atoms with Crippen molar-refractivity contribution in [1.29, 1.82) is 0 Å². The van der Waals surface area contributed by atoms with E-state index in [1.807, 2.05) is 35.4 Å². The molecule has 0 spiro atoms. The number of aromatic nitrogens is 4. The molecule has 3 aliphatic heterocycles. The van der Waals surface area contributed by atoms with Crippen LogP contribution in [0.3, 0.4) is 0 Å². The monoisotopic (exact) mass is 597 g/mol. The highest BCUT2D eigenvalue weighted by atomic mass is 16.6. The number of nitrogens with zero attached hydrogens (tertiary/aromatic N) is 7. The number of aliphatic imine (C=N–C) groups is 1. The van der Waals surface area contributed by atoms with Crippen molar-refractivity contribution >= 4 is 41.2 Å². The van der Waals surface area contributed by atoms with E-state index in [1.165, 1.54) is 11.9 Å². The molecule has 3 aromatic rings. The molecule has 0 radical (unpaired) electrons. The van der Waals surface area contributed by atoms with E-state index in [4.69, 9.17) is 9.72 Å². The summed E-state index contributed by atoms with van der Waals surface area (Å²) in [6, 6.07) is 3.56. The fraction of sp³-hybridized carbons (Fsp3) is 0.484. The molecule has 2 saturated carbocycles. The van der Waals surface area contributed by atoms with Crippen molar-refractivity contribution in [2.45, 2.75) is 63.3 Å². The second kappa shape index (κ2) is 10.0. The smallest absolute Gasteiger partial charge is 0.414 e. The lowest BCUT2D eigenvalue weighted by Crippen LogP contribution is -2.44. The van der Waals surface area contributed by atoms with Crippen LogP contribution in [0.15, 0.2) is 47.6 Å². The number of carbonyl (C=O) groups excluding carboxylic acids is 2. The molecule has 44 heavy (non-hydrogen) atoms. The topological polar surface area (TPSA) is 150 Å². The molecule has 13 nitrogen and oxygen atoms in total. The van der Waals surface area contributed by atoms with Gasteiger partial charge in [0, 0.05) is 55.2 Å². The van der Waals surface area contributed by atoms with Gasteiger partial charge in [0.2, 0.25) is 5.91 Å². The Morgan fingerprint density at radius 3 is 2.84 bits per heavy atom. The SMILES string of the molecule is CC1=CC=NC(C)([C@H]2C[C@@H]2C(=O)Nc2cc(N3C[C@@H](O)C[C@@H]3c3cn4cc(C5CC5)cc(N5CCOC5=O)c4n3)ncn2)N1. The lowest BCUT2D eigenvalue weighted by Gasteiger charge is -2.31. The molecule has 2 saturated heterocycles. The second-order valence-corrected chi connectivity index (χ2v) is 12.8. The number of cyclic esters (lactones) is 1. The first-order valence-electron chi connectivity index (χ1n) is 15.3. The number of imidazole rings is 1. The van der Waals surface area contributed by atoms with Crippen LogP contribution < -0.4 is 20.4 Å². The number of hydrogen-bond donors (Lipinski definition) is 3. The fourth-order valence-corrected chi connectivity index (χ4v) is 6.94. The summed E-state index contributed by atoms with van der Waals surface area (Å²) in [5, 5.41) is 17.2. The molecule has 6 heterocycles. The van der Waals surface area contributed by atoms with E-state index in [0.717, 1.165) is 36.3 Å². The van der Waals surface area contributed by atoms with Crippen LogP contribution in [0.2, 0.25) is 0 Å². The minimum Gasteiger partial charge on any atom is -0.447 e. The number of nitrogens with one attached hydrogen (secondary N) is 2. The molecular formula is C31H35N9O4. The fourth-order valence-electron chi connectivity index (χ4n) is 6.94. The summed E-state index contributed by atoms with van der Waals surface area (Å²) in [6.07, 6.45) is 11.8. The summed E-state index contributed by atoms with van der Waals surface area (Å²) in [5.41, 5.74) is 3.90. The number of fused-ring (bicyclic) bond motifs is 1. The highest BCUT2D eigenvalue weighted by Crippen LogP contribution is 2.48. The van der Waals surface area contributed by atoms with E-state index < -0.39 is 11.8 Å². The quantitative estimate of drug-likeness (QED) is 0.373. The predicted octanol–water partition coefficient (Wildman–Crippen LogP) is 3.14. The van der Waals surface area contributed by atoms with Crippen molar-refractivity contribution in [2.75, 3.05) is 34.8 Å². The maximum absolute atomic E-state index is 13.2. The zero-order valence-electron chi connectivity index (χ0n) is 24.7. The lowest BCUT2D eigenvalue weighted by molar-refractivity contribution is -0.117. The third-order valence-corrected chi connectivity index (χ3v) is 9.46. The van der Waals surface area contributed by atoms with Gasteiger partial charge in [0.25, 0.3) is 0 Å². The van der Waals surface area contributed by atoms with Crippen molar-refractivity contribution in [3.05, 3.63) is 53.9 Å². The lowest BCUT2D eigenvalue weighted by atomic mass is 10.0. The summed E-state index contributed by atoms with van der Waals surface area (Å²) in [4.78, 5) is 47.8. The van der Waals surface area contributed by atoms with Crippen LogP contribution in [0.4, 0.5) is 22.1 Å². The number of aliphatic hydroxyl groups is 1. The molecule has 3 aromatic heterocycles. The Hall–Kier alpha value is -4.52. The minimum atomic E-state index is -0.582. The van der Waals surface area contributed by atoms with E-state index >= 15 is 0 Å². The summed E-state index contributed by atoms with van der Waals surface area (Å²) < 4.78 is 7.23. The first-order chi connectivity index (χ1) is 21.3. The van der Waals surface area contributed by atoms with Gasteiger partial charge in [-0.3, -0.25) is 14.7 Å². The number of carbonyl (C=O) groups is 2. The Bertz CT molecular complexity index is 1730. The highest BCUT2D eigenvalue weighted by molar-refractivity contribution is 5.95. The van der Waals surface area contributed by atoms with Gasteiger partial charge in [0.15, 0.2) is 5.65 Å². The van der Waals surface area contributed by atoms with Gasteiger partial charge < -0.3 is 29.8 Å². The average molecular weight is 598 g/mol. The van der Waals surface area contributed by atoms with Gasteiger partial charge in [-0.25, -0.2) is 19.7 Å². The van der Waals surface area contributed by atoms with E-state index in [0.29, 0.717) is 49.3 Å². The molecule has 5 atom stereocenters. The summed E-state index contributed by atoms with van der Waals surface area (Å²) in [7, 11) is 0. The number of rotatable bonds is 7. The van der Waals surface area contributed by atoms with Crippen molar-refractivity contribution in [2.24, 2.45) is 16.8 Å². The average Bonchev–Trinajstić information content (AvgIpc) is 3.89. The van der Waals surface area contributed by atoms with E-state index in [2.05, 4.69) is 37.9 Å². The number of pyridine rings is 1. The van der Waals surface area contributed by atoms with Crippen LogP contribution in [-0.4, -0.2) is 74.1 Å². The molecule has 0 bridgehead atoms. The van der Waals surface area contributed by atoms with Gasteiger partial charge in [0.1, 0.15) is 30.2 Å². The predicted molar refractivity (Wildman–Crippen MR) is 163 cm³/mol. The molecule has 8 rings (SSSR count). The molecule has 13 heteroatoms. The van der Waals surface area contributed by atoms with Gasteiger partial charge in [-0.15, -0.1) is 0 Å². The third kappa shape index (κ3) is 4.75. The van der Waals surface area contributed by atoms with E-state index in [1.54, 1.807) is 17.2 Å². The maximum atomic E-state index is 13.2. The molecule has 0 aromatic carbocycles. The normalized spacial score (nSPS) is 29.5. The van der Waals surface area contributed by atoms with Crippen LogP contribution in [0, 0.1) is 11.8 Å². The Morgan fingerprint density at radius 2 is 2.07 bits per heavy atom. The first-order valence-corrected chi connectivity index (χ1v) is 15.3. The zero-order chi connectivity index (χ0) is 30.2. The molecule has 3 N–H and O–H groups in total. The molecule has 2 aliphatic carbocycles. The van der Waals surface area contributed by atoms with Crippen molar-refractivity contribution in [3.8, 4) is 0 Å². The van der Waals surface area contributed by atoms with Crippen LogP contribution in [-0.2, 0) is 9.53 Å². The second-order valence-electron chi connectivity index (χ2n) is 12.8. The standard InChI is InChI=1S/C31H35N9O4/c1-17-5-6-34-31(2,37-17)22-11-21(22)29(42)36-26-12-27(33-16-32-26)40-14-20(41)10-24(40)23-15-38-13-19(18-3-4-18)9-25(28(38)35-23)39-7-8-44-30(39)43/h5-6,9,12-13,15-16,18,20-22,24,37,41H,3-4,7-8,10-11,14H2,1-2H3,(H,32,33,36,42)/t20-,21-,22-,24+,31?/m0/s1. The maximum Gasteiger partial charge on any atom is 0.414 e. The van der Waals surface area contributed by atoms with Crippen molar-refractivity contribution in [3.63, 3.8) is 0 Å². The van der Waals surface area contributed by atoms with Gasteiger partial charge in [0.05, 0.1) is 30.1 Å². The number of anilines is 3. The van der Waals surface area contributed by atoms with Crippen molar-refractivity contribution < 1.29 is 19.4 Å². The van der Waals surface area contributed by atoms with E-state index in [9.17, 15) is 14.7 Å². The Labute approximate surface area is 254 Å². The number of aliphatic hydroxyl groups excluding tert-OH is 1. The van der Waals surface area contributed by atoms with Gasteiger partial charge in [-0.1, -0.05) is 0 Å².